The van der Waals surface area contributed by atoms with Gasteiger partial charge in [-0.05, 0) is 12.5 Å². The number of H-pyrrole nitrogens is 1. The molecule has 8 nitrogen and oxygen atoms in total. The highest BCUT2D eigenvalue weighted by molar-refractivity contribution is 5.91. The van der Waals surface area contributed by atoms with Gasteiger partial charge in [-0.25, -0.2) is 4.98 Å². The van der Waals surface area contributed by atoms with Gasteiger partial charge >= 0.3 is 0 Å². The third-order valence-electron chi connectivity index (χ3n) is 3.28. The topological polar surface area (TPSA) is 106 Å². The first-order valence-corrected chi connectivity index (χ1v) is 6.87. The highest BCUT2D eigenvalue weighted by Gasteiger charge is 2.30. The summed E-state index contributed by atoms with van der Waals surface area (Å²) in [6.07, 6.45) is 1.86. The van der Waals surface area contributed by atoms with Crippen molar-refractivity contribution in [2.75, 3.05) is 13.2 Å². The third-order valence-corrected chi connectivity index (χ3v) is 3.28. The number of aromatic nitrogens is 2. The second-order valence-electron chi connectivity index (χ2n) is 4.84. The fraction of sp³-hybridized carbons (Fsp3) is 0.357. The number of pyridine rings is 1. The number of hydrogen-bond donors (Lipinski definition) is 2. The molecule has 2 atom stereocenters. The predicted molar refractivity (Wildman–Crippen MR) is 74.7 cm³/mol. The molecule has 2 aromatic rings. The van der Waals surface area contributed by atoms with Gasteiger partial charge in [0.15, 0.2) is 0 Å². The molecule has 3 rings (SSSR count). The second-order valence-corrected chi connectivity index (χ2v) is 4.84. The highest BCUT2D eigenvalue weighted by atomic mass is 16.5. The summed E-state index contributed by atoms with van der Waals surface area (Å²) in [4.78, 5) is 27.2. The van der Waals surface area contributed by atoms with E-state index in [1.807, 2.05) is 6.07 Å². The summed E-state index contributed by atoms with van der Waals surface area (Å²) < 4.78 is 15.9. The standard InChI is InChI=1S/C14H15N3O5/c18-12-7-10(22-17-12)14(19)16-9-4-6-20-8-11(9)21-13-3-1-2-5-15-13/h1-3,5,7,9,11H,4,6,8H2,(H,16,19)(H,17,18)/t9-,11-/m1/s1. The Bertz CT molecular complexity index is 681. The Morgan fingerprint density at radius 3 is 3.09 bits per heavy atom. The molecule has 0 aliphatic carbocycles. The van der Waals surface area contributed by atoms with Gasteiger partial charge in [0.1, 0.15) is 6.10 Å². The molecule has 0 spiro atoms. The lowest BCUT2D eigenvalue weighted by molar-refractivity contribution is -0.0155. The van der Waals surface area contributed by atoms with Gasteiger partial charge in [-0.3, -0.25) is 9.59 Å². The molecule has 0 saturated carbocycles. The number of nitrogens with one attached hydrogen (secondary N) is 2. The quantitative estimate of drug-likeness (QED) is 0.843. The third kappa shape index (κ3) is 3.34. The van der Waals surface area contributed by atoms with Crippen molar-refractivity contribution in [2.24, 2.45) is 0 Å². The molecule has 3 heterocycles. The van der Waals surface area contributed by atoms with E-state index < -0.39 is 11.5 Å². The van der Waals surface area contributed by atoms with Crippen molar-refractivity contribution in [3.05, 3.63) is 46.6 Å². The van der Waals surface area contributed by atoms with Crippen LogP contribution in [0.2, 0.25) is 0 Å². The molecule has 0 aromatic carbocycles. The lowest BCUT2D eigenvalue weighted by Crippen LogP contribution is -2.51. The summed E-state index contributed by atoms with van der Waals surface area (Å²) >= 11 is 0. The van der Waals surface area contributed by atoms with Crippen LogP contribution in [0.4, 0.5) is 0 Å². The molecule has 116 valence electrons. The zero-order valence-electron chi connectivity index (χ0n) is 11.7. The van der Waals surface area contributed by atoms with E-state index in [0.717, 1.165) is 6.07 Å². The van der Waals surface area contributed by atoms with Crippen molar-refractivity contribution in [1.29, 1.82) is 0 Å². The van der Waals surface area contributed by atoms with E-state index in [1.54, 1.807) is 18.3 Å². The molecule has 22 heavy (non-hydrogen) atoms. The Morgan fingerprint density at radius 1 is 1.45 bits per heavy atom. The van der Waals surface area contributed by atoms with Crippen molar-refractivity contribution in [1.82, 2.24) is 15.5 Å². The van der Waals surface area contributed by atoms with E-state index in [0.29, 0.717) is 25.5 Å². The molecule has 1 fully saturated rings. The maximum atomic E-state index is 12.0. The van der Waals surface area contributed by atoms with Gasteiger partial charge in [-0.15, -0.1) is 0 Å². The average Bonchev–Trinajstić information content (AvgIpc) is 2.97. The lowest BCUT2D eigenvalue weighted by atomic mass is 10.1. The van der Waals surface area contributed by atoms with Crippen LogP contribution >= 0.6 is 0 Å². The van der Waals surface area contributed by atoms with Crippen LogP contribution in [0.15, 0.2) is 39.8 Å². The summed E-state index contributed by atoms with van der Waals surface area (Å²) in [5.74, 6) is -0.0709. The van der Waals surface area contributed by atoms with Gasteiger partial charge in [-0.1, -0.05) is 6.07 Å². The molecule has 1 aliphatic rings. The van der Waals surface area contributed by atoms with Crippen LogP contribution in [-0.2, 0) is 4.74 Å². The largest absolute Gasteiger partial charge is 0.470 e. The number of hydrogen-bond acceptors (Lipinski definition) is 6. The zero-order chi connectivity index (χ0) is 15.4. The van der Waals surface area contributed by atoms with Crippen LogP contribution in [-0.4, -0.2) is 41.4 Å². The SMILES string of the molecule is O=C(N[C@@H]1CCOC[C@H]1Oc1ccccn1)c1cc(=O)[nH]o1. The van der Waals surface area contributed by atoms with Gasteiger partial charge in [0.2, 0.25) is 11.6 Å². The first-order valence-electron chi connectivity index (χ1n) is 6.87. The minimum atomic E-state index is -0.472. The summed E-state index contributed by atoms with van der Waals surface area (Å²) in [6.45, 7) is 0.864. The number of amides is 1. The number of aromatic amines is 1. The fourth-order valence-corrected chi connectivity index (χ4v) is 2.20. The molecule has 0 radical (unpaired) electrons. The lowest BCUT2D eigenvalue weighted by Gasteiger charge is -2.31. The number of rotatable bonds is 4. The predicted octanol–water partition coefficient (Wildman–Crippen LogP) is 0.329. The van der Waals surface area contributed by atoms with Crippen LogP contribution in [0.1, 0.15) is 17.0 Å². The van der Waals surface area contributed by atoms with Gasteiger partial charge < -0.3 is 19.3 Å². The molecule has 0 unspecified atom stereocenters. The normalized spacial score (nSPS) is 21.3. The second kappa shape index (κ2) is 6.44. The van der Waals surface area contributed by atoms with E-state index in [1.165, 1.54) is 0 Å². The Hall–Kier alpha value is -2.61. The molecule has 2 N–H and O–H groups in total. The van der Waals surface area contributed by atoms with Crippen molar-refractivity contribution < 1.29 is 18.8 Å². The molecule has 0 bridgehead atoms. The van der Waals surface area contributed by atoms with Crippen LogP contribution < -0.4 is 15.6 Å². The van der Waals surface area contributed by atoms with Crippen LogP contribution in [0.25, 0.3) is 0 Å². The smallest absolute Gasteiger partial charge is 0.290 e. The van der Waals surface area contributed by atoms with E-state index in [9.17, 15) is 9.59 Å². The van der Waals surface area contributed by atoms with E-state index >= 15 is 0 Å². The molecule has 8 heteroatoms. The molecule has 1 saturated heterocycles. The summed E-state index contributed by atoms with van der Waals surface area (Å²) in [7, 11) is 0. The van der Waals surface area contributed by atoms with Crippen molar-refractivity contribution in [3.63, 3.8) is 0 Å². The Kier molecular flexibility index (Phi) is 4.19. The van der Waals surface area contributed by atoms with Crippen molar-refractivity contribution in [2.45, 2.75) is 18.6 Å². The Labute approximate surface area is 125 Å². The maximum Gasteiger partial charge on any atom is 0.290 e. The average molecular weight is 305 g/mol. The van der Waals surface area contributed by atoms with Crippen LogP contribution in [0.5, 0.6) is 5.88 Å². The van der Waals surface area contributed by atoms with Gasteiger partial charge in [0.25, 0.3) is 11.5 Å². The molecular weight excluding hydrogens is 290 g/mol. The molecular formula is C14H15N3O5. The van der Waals surface area contributed by atoms with Gasteiger partial charge in [0.05, 0.1) is 18.7 Å². The van der Waals surface area contributed by atoms with Crippen molar-refractivity contribution >= 4 is 5.91 Å². The minimum absolute atomic E-state index is 0.0620. The van der Waals surface area contributed by atoms with E-state index in [-0.39, 0.29) is 17.9 Å². The zero-order valence-corrected chi connectivity index (χ0v) is 11.7. The Morgan fingerprint density at radius 2 is 2.36 bits per heavy atom. The van der Waals surface area contributed by atoms with Gasteiger partial charge in [-0.2, -0.15) is 5.16 Å². The van der Waals surface area contributed by atoms with Crippen LogP contribution in [0, 0.1) is 0 Å². The minimum Gasteiger partial charge on any atom is -0.470 e. The summed E-state index contributed by atoms with van der Waals surface area (Å²) in [6, 6.07) is 6.18. The fourth-order valence-electron chi connectivity index (χ4n) is 2.20. The molecule has 1 amide bonds. The highest BCUT2D eigenvalue weighted by Crippen LogP contribution is 2.15. The van der Waals surface area contributed by atoms with Crippen LogP contribution in [0.3, 0.4) is 0 Å². The monoisotopic (exact) mass is 305 g/mol. The number of ether oxygens (including phenoxy) is 2. The van der Waals surface area contributed by atoms with Crippen molar-refractivity contribution in [3.8, 4) is 5.88 Å². The maximum absolute atomic E-state index is 12.0. The molecule has 2 aromatic heterocycles. The first kappa shape index (κ1) is 14.3. The molecule has 1 aliphatic heterocycles. The Balaban J connectivity index is 1.67. The van der Waals surface area contributed by atoms with Gasteiger partial charge in [0, 0.05) is 18.9 Å². The number of nitrogens with zero attached hydrogens (tertiary/aromatic N) is 1. The van der Waals surface area contributed by atoms with E-state index in [4.69, 9.17) is 14.0 Å². The van der Waals surface area contributed by atoms with E-state index in [2.05, 4.69) is 15.5 Å². The number of carbonyl (C=O) groups is 1. The number of carbonyl (C=O) groups excluding carboxylic acids is 1. The first-order chi connectivity index (χ1) is 10.7. The summed E-state index contributed by atoms with van der Waals surface area (Å²) in [5, 5.41) is 4.87. The summed E-state index contributed by atoms with van der Waals surface area (Å²) in [5.41, 5.74) is -0.460.